The van der Waals surface area contributed by atoms with Gasteiger partial charge < -0.3 is 10.6 Å². The molecule has 1 aromatic heterocycles. The second kappa shape index (κ2) is 7.18. The Bertz CT molecular complexity index is 864. The number of carbonyl (C=O) groups is 1. The molecule has 4 nitrogen and oxygen atoms in total. The van der Waals surface area contributed by atoms with Crippen molar-refractivity contribution < 1.29 is 4.79 Å². The highest BCUT2D eigenvalue weighted by Crippen LogP contribution is 2.34. The van der Waals surface area contributed by atoms with Crippen LogP contribution >= 0.6 is 22.9 Å². The molecule has 0 saturated carbocycles. The molecule has 1 aliphatic rings. The minimum atomic E-state index is -0.268. The van der Waals surface area contributed by atoms with Gasteiger partial charge in [0, 0.05) is 17.5 Å². The Labute approximate surface area is 149 Å². The van der Waals surface area contributed by atoms with Crippen molar-refractivity contribution in [3.05, 3.63) is 56.4 Å². The number of rotatable bonds is 3. The molecule has 6 heteroatoms. The van der Waals surface area contributed by atoms with Crippen LogP contribution in [0.3, 0.4) is 0 Å². The summed E-state index contributed by atoms with van der Waals surface area (Å²) in [7, 11) is 0. The number of nitriles is 1. The first-order valence-corrected chi connectivity index (χ1v) is 8.79. The van der Waals surface area contributed by atoms with Gasteiger partial charge in [-0.25, -0.2) is 0 Å². The lowest BCUT2D eigenvalue weighted by Crippen LogP contribution is -2.22. The largest absolute Gasteiger partial charge is 0.313 e. The maximum atomic E-state index is 12.2. The fourth-order valence-electron chi connectivity index (χ4n) is 2.66. The monoisotopic (exact) mass is 357 g/mol. The molecule has 24 heavy (non-hydrogen) atoms. The zero-order chi connectivity index (χ0) is 17.1. The van der Waals surface area contributed by atoms with Crippen LogP contribution in [0.4, 0.5) is 5.00 Å². The molecular formula is C18H16ClN3OS. The second-order valence-electron chi connectivity index (χ2n) is 5.55. The molecule has 0 unspecified atom stereocenters. The van der Waals surface area contributed by atoms with Crippen LogP contribution < -0.4 is 10.6 Å². The first kappa shape index (κ1) is 16.7. The SMILES string of the molecule is Cc1cccc(C=CC(=O)Nc2sc3c(c2C#N)CCNC3)c1Cl. The van der Waals surface area contributed by atoms with Crippen molar-refractivity contribution >= 4 is 39.9 Å². The molecule has 0 aliphatic carbocycles. The lowest BCUT2D eigenvalue weighted by atomic mass is 10.1. The molecule has 0 radical (unpaired) electrons. The van der Waals surface area contributed by atoms with Gasteiger partial charge in [0.1, 0.15) is 11.1 Å². The summed E-state index contributed by atoms with van der Waals surface area (Å²) in [6, 6.07) is 7.89. The Morgan fingerprint density at radius 1 is 1.50 bits per heavy atom. The lowest BCUT2D eigenvalue weighted by molar-refractivity contribution is -0.111. The first-order chi connectivity index (χ1) is 11.6. The second-order valence-corrected chi connectivity index (χ2v) is 7.03. The average Bonchev–Trinajstić information content (AvgIpc) is 2.93. The summed E-state index contributed by atoms with van der Waals surface area (Å²) in [4.78, 5) is 13.3. The van der Waals surface area contributed by atoms with Gasteiger partial charge in [-0.3, -0.25) is 4.79 Å². The van der Waals surface area contributed by atoms with Gasteiger partial charge >= 0.3 is 0 Å². The van der Waals surface area contributed by atoms with E-state index in [0.717, 1.165) is 41.1 Å². The van der Waals surface area contributed by atoms with Crippen LogP contribution in [0.1, 0.15) is 27.1 Å². The molecule has 2 aromatic rings. The van der Waals surface area contributed by atoms with Crippen LogP contribution in [-0.4, -0.2) is 12.5 Å². The number of hydrogen-bond donors (Lipinski definition) is 2. The molecule has 0 fully saturated rings. The predicted octanol–water partition coefficient (Wildman–Crippen LogP) is 3.88. The van der Waals surface area contributed by atoms with Crippen molar-refractivity contribution in [2.45, 2.75) is 19.9 Å². The van der Waals surface area contributed by atoms with Gasteiger partial charge in [0.2, 0.25) is 5.91 Å². The van der Waals surface area contributed by atoms with E-state index in [1.165, 1.54) is 17.4 Å². The molecule has 1 amide bonds. The van der Waals surface area contributed by atoms with Crippen molar-refractivity contribution in [2.24, 2.45) is 0 Å². The third-order valence-electron chi connectivity index (χ3n) is 3.91. The van der Waals surface area contributed by atoms with E-state index in [0.29, 0.717) is 15.6 Å². The van der Waals surface area contributed by atoms with Gasteiger partial charge in [-0.2, -0.15) is 5.26 Å². The Kier molecular flexibility index (Phi) is 5.00. The standard InChI is InChI=1S/C18H16ClN3OS/c1-11-3-2-4-12(17(11)19)5-6-16(23)22-18-14(9-20)13-7-8-21-10-15(13)24-18/h2-6,21H,7-8,10H2,1H3,(H,22,23). The highest BCUT2D eigenvalue weighted by Gasteiger charge is 2.21. The predicted molar refractivity (Wildman–Crippen MR) is 98.3 cm³/mol. The van der Waals surface area contributed by atoms with E-state index in [1.807, 2.05) is 25.1 Å². The Hall–Kier alpha value is -2.13. The highest BCUT2D eigenvalue weighted by atomic mass is 35.5. The molecule has 0 bridgehead atoms. The maximum absolute atomic E-state index is 12.2. The molecule has 0 saturated heterocycles. The van der Waals surface area contributed by atoms with E-state index < -0.39 is 0 Å². The topological polar surface area (TPSA) is 64.9 Å². The Balaban J connectivity index is 1.78. The van der Waals surface area contributed by atoms with Crippen molar-refractivity contribution in [2.75, 3.05) is 11.9 Å². The molecule has 1 aliphatic heterocycles. The molecule has 2 N–H and O–H groups in total. The molecule has 1 aromatic carbocycles. The summed E-state index contributed by atoms with van der Waals surface area (Å²) in [5.74, 6) is -0.268. The van der Waals surface area contributed by atoms with Crippen molar-refractivity contribution in [3.63, 3.8) is 0 Å². The van der Waals surface area contributed by atoms with Gasteiger partial charge in [-0.15, -0.1) is 11.3 Å². The van der Waals surface area contributed by atoms with Crippen LogP contribution in [-0.2, 0) is 17.8 Å². The van der Waals surface area contributed by atoms with Crippen LogP contribution in [0.15, 0.2) is 24.3 Å². The number of anilines is 1. The molecule has 2 heterocycles. The van der Waals surface area contributed by atoms with E-state index in [9.17, 15) is 10.1 Å². The fraction of sp³-hybridized carbons (Fsp3) is 0.222. The molecule has 122 valence electrons. The van der Waals surface area contributed by atoms with E-state index in [2.05, 4.69) is 16.7 Å². The normalized spacial score (nSPS) is 13.5. The van der Waals surface area contributed by atoms with Gasteiger partial charge in [0.25, 0.3) is 0 Å². The molecule has 0 atom stereocenters. The van der Waals surface area contributed by atoms with E-state index in [-0.39, 0.29) is 5.91 Å². The summed E-state index contributed by atoms with van der Waals surface area (Å²) in [5.41, 5.74) is 3.40. The maximum Gasteiger partial charge on any atom is 0.249 e. The zero-order valence-electron chi connectivity index (χ0n) is 13.1. The smallest absolute Gasteiger partial charge is 0.249 e. The van der Waals surface area contributed by atoms with Crippen molar-refractivity contribution in [3.8, 4) is 6.07 Å². The summed E-state index contributed by atoms with van der Waals surface area (Å²) in [5, 5.41) is 16.8. The van der Waals surface area contributed by atoms with Gasteiger partial charge in [0.05, 0.1) is 10.6 Å². The summed E-state index contributed by atoms with van der Waals surface area (Å²) < 4.78 is 0. The minimum absolute atomic E-state index is 0.268. The molecule has 3 rings (SSSR count). The quantitative estimate of drug-likeness (QED) is 0.819. The number of halogens is 1. The van der Waals surface area contributed by atoms with Crippen LogP contribution in [0.2, 0.25) is 5.02 Å². The van der Waals surface area contributed by atoms with E-state index >= 15 is 0 Å². The Morgan fingerprint density at radius 2 is 2.33 bits per heavy atom. The van der Waals surface area contributed by atoms with Crippen molar-refractivity contribution in [1.82, 2.24) is 5.32 Å². The molecule has 0 spiro atoms. The van der Waals surface area contributed by atoms with Crippen LogP contribution in [0.25, 0.3) is 6.08 Å². The lowest BCUT2D eigenvalue weighted by Gasteiger charge is -2.11. The number of nitrogens with zero attached hydrogens (tertiary/aromatic N) is 1. The average molecular weight is 358 g/mol. The summed E-state index contributed by atoms with van der Waals surface area (Å²) in [6.07, 6.45) is 3.95. The number of aryl methyl sites for hydroxylation is 1. The number of hydrogen-bond acceptors (Lipinski definition) is 4. The summed E-state index contributed by atoms with van der Waals surface area (Å²) in [6.45, 7) is 3.53. The fourth-order valence-corrected chi connectivity index (χ4v) is 4.02. The number of fused-ring (bicyclic) bond motifs is 1. The van der Waals surface area contributed by atoms with Gasteiger partial charge in [-0.1, -0.05) is 29.8 Å². The highest BCUT2D eigenvalue weighted by molar-refractivity contribution is 7.16. The number of benzene rings is 1. The number of thiophene rings is 1. The number of carbonyl (C=O) groups excluding carboxylic acids is 1. The van der Waals surface area contributed by atoms with Gasteiger partial charge in [-0.05, 0) is 42.7 Å². The number of nitrogens with one attached hydrogen (secondary N) is 2. The first-order valence-electron chi connectivity index (χ1n) is 7.59. The summed E-state index contributed by atoms with van der Waals surface area (Å²) >= 11 is 7.69. The number of amides is 1. The zero-order valence-corrected chi connectivity index (χ0v) is 14.7. The minimum Gasteiger partial charge on any atom is -0.313 e. The van der Waals surface area contributed by atoms with Crippen LogP contribution in [0.5, 0.6) is 0 Å². The van der Waals surface area contributed by atoms with E-state index in [1.54, 1.807) is 6.08 Å². The van der Waals surface area contributed by atoms with Crippen LogP contribution in [0, 0.1) is 18.3 Å². The third-order valence-corrected chi connectivity index (χ3v) is 5.58. The van der Waals surface area contributed by atoms with Gasteiger partial charge in [0.15, 0.2) is 0 Å². The van der Waals surface area contributed by atoms with Crippen molar-refractivity contribution in [1.29, 1.82) is 5.26 Å². The van der Waals surface area contributed by atoms with E-state index in [4.69, 9.17) is 11.6 Å². The molecular weight excluding hydrogens is 342 g/mol. The Morgan fingerprint density at radius 3 is 3.12 bits per heavy atom. The third kappa shape index (κ3) is 3.36.